The van der Waals surface area contributed by atoms with Crippen molar-refractivity contribution in [1.29, 1.82) is 0 Å². The Labute approximate surface area is 262 Å². The number of hydrogen-bond donors (Lipinski definition) is 1. The smallest absolute Gasteiger partial charge is 0.418 e. The van der Waals surface area contributed by atoms with E-state index in [0.717, 1.165) is 51.1 Å². The van der Waals surface area contributed by atoms with Crippen LogP contribution < -0.4 is 20.1 Å². The summed E-state index contributed by atoms with van der Waals surface area (Å²) in [6.45, 7) is 2.63. The lowest BCUT2D eigenvalue weighted by molar-refractivity contribution is -0.137. The minimum Gasteiger partial charge on any atom is -0.491 e. The second kappa shape index (κ2) is 11.0. The van der Waals surface area contributed by atoms with Gasteiger partial charge < -0.3 is 20.1 Å². The van der Waals surface area contributed by atoms with Gasteiger partial charge in [0.2, 0.25) is 0 Å². The number of pyridine rings is 1. The lowest BCUT2D eigenvalue weighted by atomic mass is 9.83. The third-order valence-electron chi connectivity index (χ3n) is 10.1. The number of nitrogens with two attached hydrogens (primary N) is 1. The molecule has 0 amide bonds. The van der Waals surface area contributed by atoms with Crippen LogP contribution in [0.2, 0.25) is 5.02 Å². The predicted molar refractivity (Wildman–Crippen MR) is 160 cm³/mol. The highest BCUT2D eigenvalue weighted by atomic mass is 35.5. The molecule has 7 rings (SSSR count). The molecule has 45 heavy (non-hydrogen) atoms. The average molecular weight is 653 g/mol. The molecule has 5 heterocycles. The number of halogens is 6. The molecule has 1 saturated carbocycles. The summed E-state index contributed by atoms with van der Waals surface area (Å²) in [7, 11) is 1.86. The maximum Gasteiger partial charge on any atom is 0.418 e. The predicted octanol–water partition coefficient (Wildman–Crippen LogP) is 6.74. The van der Waals surface area contributed by atoms with E-state index >= 15 is 4.39 Å². The first-order valence-electron chi connectivity index (χ1n) is 15.3. The van der Waals surface area contributed by atoms with Crippen molar-refractivity contribution < 1.29 is 31.4 Å². The molecule has 3 aromatic rings. The minimum absolute atomic E-state index is 0.0143. The lowest BCUT2D eigenvalue weighted by Crippen LogP contribution is -2.44. The van der Waals surface area contributed by atoms with Crippen molar-refractivity contribution >= 4 is 34.1 Å². The van der Waals surface area contributed by atoms with E-state index in [1.54, 1.807) is 0 Å². The van der Waals surface area contributed by atoms with Gasteiger partial charge in [0.05, 0.1) is 39.4 Å². The number of nitrogens with zero attached hydrogens (tertiary/aromatic N) is 5. The Bertz CT molecular complexity index is 1670. The van der Waals surface area contributed by atoms with E-state index < -0.39 is 40.5 Å². The van der Waals surface area contributed by atoms with Gasteiger partial charge in [0.1, 0.15) is 29.9 Å². The number of aryl methyl sites for hydroxylation is 1. The van der Waals surface area contributed by atoms with Crippen molar-refractivity contribution in [2.45, 2.75) is 75.8 Å². The molecule has 2 unspecified atom stereocenters. The normalized spacial score (nSPS) is 26.8. The summed E-state index contributed by atoms with van der Waals surface area (Å²) < 4.78 is 86.9. The molecule has 0 bridgehead atoms. The highest BCUT2D eigenvalue weighted by Crippen LogP contribution is 2.51. The fraction of sp³-hybridized carbons (Fsp3) is 0.581. The van der Waals surface area contributed by atoms with Crippen LogP contribution >= 0.6 is 11.6 Å². The molecule has 3 fully saturated rings. The topological polar surface area (TPSA) is 89.6 Å². The number of fused-ring (bicyclic) bond motifs is 2. The molecule has 242 valence electrons. The Morgan fingerprint density at radius 3 is 2.73 bits per heavy atom. The van der Waals surface area contributed by atoms with Crippen molar-refractivity contribution in [3.63, 3.8) is 0 Å². The van der Waals surface area contributed by atoms with Crippen LogP contribution in [-0.2, 0) is 6.18 Å². The van der Waals surface area contributed by atoms with E-state index in [9.17, 15) is 17.6 Å². The van der Waals surface area contributed by atoms with E-state index in [0.29, 0.717) is 18.8 Å². The maximum absolute atomic E-state index is 16.8. The van der Waals surface area contributed by atoms with Gasteiger partial charge in [-0.05, 0) is 50.8 Å². The number of anilines is 2. The van der Waals surface area contributed by atoms with Crippen molar-refractivity contribution in [3.05, 3.63) is 28.0 Å². The number of ether oxygens (including phenoxy) is 2. The summed E-state index contributed by atoms with van der Waals surface area (Å²) in [5.41, 5.74) is 2.29. The van der Waals surface area contributed by atoms with E-state index in [2.05, 4.69) is 14.9 Å². The molecule has 0 spiro atoms. The van der Waals surface area contributed by atoms with E-state index in [1.807, 2.05) is 11.9 Å². The highest BCUT2D eigenvalue weighted by molar-refractivity contribution is 6.36. The Morgan fingerprint density at radius 2 is 1.96 bits per heavy atom. The molecule has 0 radical (unpaired) electrons. The summed E-state index contributed by atoms with van der Waals surface area (Å²) in [5, 5.41) is -0.232. The fourth-order valence-corrected chi connectivity index (χ4v) is 8.34. The standard InChI is InChI=1S/C31H34ClF5N6O2/c1-15-10-19(38)39-25(22(15)31(35,36)37)20-23(32)27-21-26(24(20)34)40-29(45-14-30-8-5-9-43(30)12-17(33)11-30)41-28(21)42(2)18-7-4-3-6-16(18)13-44-27/h10,16-18H,3-9,11-14H2,1-2H3,(H2,38,39)/t16?,17-,18?,30+/m1/s1. The van der Waals surface area contributed by atoms with Crippen LogP contribution in [0.5, 0.6) is 11.8 Å². The molecule has 2 N–H and O–H groups in total. The number of benzene rings is 1. The van der Waals surface area contributed by atoms with Crippen LogP contribution in [0.25, 0.3) is 22.2 Å². The molecule has 3 aliphatic heterocycles. The zero-order valence-corrected chi connectivity index (χ0v) is 25.7. The van der Waals surface area contributed by atoms with Gasteiger partial charge in [-0.1, -0.05) is 24.4 Å². The van der Waals surface area contributed by atoms with Gasteiger partial charge in [-0.3, -0.25) is 4.90 Å². The summed E-state index contributed by atoms with van der Waals surface area (Å²) in [6, 6.07) is 0.933. The van der Waals surface area contributed by atoms with Crippen molar-refractivity contribution in [2.75, 3.05) is 44.0 Å². The molecule has 14 heteroatoms. The Morgan fingerprint density at radius 1 is 1.18 bits per heavy atom. The largest absolute Gasteiger partial charge is 0.491 e. The maximum atomic E-state index is 16.8. The van der Waals surface area contributed by atoms with Gasteiger partial charge in [-0.25, -0.2) is 13.8 Å². The van der Waals surface area contributed by atoms with Gasteiger partial charge in [0.15, 0.2) is 11.6 Å². The Kier molecular flexibility index (Phi) is 7.42. The van der Waals surface area contributed by atoms with E-state index in [4.69, 9.17) is 31.8 Å². The molecule has 4 aliphatic rings. The lowest BCUT2D eigenvalue weighted by Gasteiger charge is -2.40. The van der Waals surface area contributed by atoms with Crippen molar-refractivity contribution in [3.8, 4) is 23.0 Å². The first kappa shape index (κ1) is 30.5. The number of aromatic nitrogens is 3. The first-order valence-corrected chi connectivity index (χ1v) is 15.7. The number of alkyl halides is 4. The summed E-state index contributed by atoms with van der Waals surface area (Å²) in [4.78, 5) is 17.1. The Balaban J connectivity index is 1.45. The summed E-state index contributed by atoms with van der Waals surface area (Å²) in [6.07, 6.45) is -0.208. The van der Waals surface area contributed by atoms with Crippen molar-refractivity contribution in [1.82, 2.24) is 19.9 Å². The number of rotatable bonds is 4. The van der Waals surface area contributed by atoms with Crippen LogP contribution in [0.4, 0.5) is 33.6 Å². The van der Waals surface area contributed by atoms with Crippen LogP contribution in [0.3, 0.4) is 0 Å². The highest BCUT2D eigenvalue weighted by Gasteiger charge is 2.49. The van der Waals surface area contributed by atoms with Gasteiger partial charge in [0.25, 0.3) is 0 Å². The van der Waals surface area contributed by atoms with Gasteiger partial charge in [-0.2, -0.15) is 23.1 Å². The Hall–Kier alpha value is -3.19. The zero-order valence-electron chi connectivity index (χ0n) is 25.0. The number of nitrogen functional groups attached to an aromatic ring is 1. The third kappa shape index (κ3) is 5.01. The van der Waals surface area contributed by atoms with Crippen molar-refractivity contribution in [2.24, 2.45) is 5.92 Å². The molecular formula is C31H34ClF5N6O2. The molecule has 8 nitrogen and oxygen atoms in total. The third-order valence-corrected chi connectivity index (χ3v) is 10.4. The molecule has 1 aliphatic carbocycles. The van der Waals surface area contributed by atoms with Gasteiger partial charge >= 0.3 is 12.2 Å². The van der Waals surface area contributed by atoms with E-state index in [1.165, 1.54) is 6.92 Å². The zero-order chi connectivity index (χ0) is 31.8. The molecule has 4 atom stereocenters. The second-order valence-electron chi connectivity index (χ2n) is 12.9. The molecule has 2 saturated heterocycles. The molecule has 1 aromatic carbocycles. The quantitative estimate of drug-likeness (QED) is 0.310. The SMILES string of the molecule is Cc1cc(N)nc(-c2c(Cl)c3c4c(nc(OC[C@@]56CCCN5C[C@H](F)C6)nc4c2F)N(C)C2CCCCC2CO3)c1C(F)(F)F. The van der Waals surface area contributed by atoms with E-state index in [-0.39, 0.29) is 64.2 Å². The average Bonchev–Trinajstić information content (AvgIpc) is 3.49. The van der Waals surface area contributed by atoms with Gasteiger partial charge in [-0.15, -0.1) is 0 Å². The molecular weight excluding hydrogens is 619 g/mol. The minimum atomic E-state index is -4.89. The second-order valence-corrected chi connectivity index (χ2v) is 13.2. The van der Waals surface area contributed by atoms with Gasteiger partial charge in [0, 0.05) is 32.0 Å². The van der Waals surface area contributed by atoms with Crippen LogP contribution in [0.1, 0.15) is 56.1 Å². The summed E-state index contributed by atoms with van der Waals surface area (Å²) >= 11 is 6.81. The molecule has 2 aromatic heterocycles. The van der Waals surface area contributed by atoms with Crippen LogP contribution in [-0.4, -0.2) is 71.0 Å². The first-order chi connectivity index (χ1) is 21.4. The fourth-order valence-electron chi connectivity index (χ4n) is 8.02. The summed E-state index contributed by atoms with van der Waals surface area (Å²) in [5.74, 6) is -1.00. The van der Waals surface area contributed by atoms with Crippen LogP contribution in [0.15, 0.2) is 6.07 Å². The monoisotopic (exact) mass is 652 g/mol. The van der Waals surface area contributed by atoms with Crippen LogP contribution in [0, 0.1) is 18.7 Å². The number of hydrogen-bond acceptors (Lipinski definition) is 8.